The molecule has 2 heterocycles. The predicted molar refractivity (Wildman–Crippen MR) is 74.5 cm³/mol. The summed E-state index contributed by atoms with van der Waals surface area (Å²) in [5.41, 5.74) is -1.02. The highest BCUT2D eigenvalue weighted by atomic mass is 19.4. The average molecular weight is 333 g/mol. The fourth-order valence-corrected chi connectivity index (χ4v) is 2.26. The molecule has 2 rings (SSSR count). The van der Waals surface area contributed by atoms with Gasteiger partial charge in [-0.15, -0.1) is 0 Å². The number of aromatic nitrogens is 2. The molecule has 0 aromatic carbocycles. The number of nitrogens with one attached hydrogen (secondary N) is 1. The Morgan fingerprint density at radius 1 is 1.22 bits per heavy atom. The minimum absolute atomic E-state index is 0.179. The van der Waals surface area contributed by atoms with E-state index in [1.165, 1.54) is 4.90 Å². The molecule has 128 valence electrons. The third kappa shape index (κ3) is 4.36. The van der Waals surface area contributed by atoms with Crippen molar-refractivity contribution < 1.29 is 22.8 Å². The third-order valence-corrected chi connectivity index (χ3v) is 3.48. The van der Waals surface area contributed by atoms with Crippen LogP contribution >= 0.6 is 0 Å². The maximum Gasteiger partial charge on any atom is 0.435 e. The maximum absolute atomic E-state index is 12.5. The summed E-state index contributed by atoms with van der Waals surface area (Å²) in [5, 5.41) is 6.03. The highest BCUT2D eigenvalue weighted by Gasteiger charge is 2.34. The van der Waals surface area contributed by atoms with Gasteiger partial charge in [-0.05, 0) is 13.0 Å². The van der Waals surface area contributed by atoms with Gasteiger partial charge in [0.25, 0.3) is 0 Å². The largest absolute Gasteiger partial charge is 0.435 e. The van der Waals surface area contributed by atoms with Crippen molar-refractivity contribution in [1.82, 2.24) is 24.9 Å². The zero-order valence-corrected chi connectivity index (χ0v) is 12.6. The van der Waals surface area contributed by atoms with Crippen molar-refractivity contribution in [3.63, 3.8) is 0 Å². The highest BCUT2D eigenvalue weighted by molar-refractivity contribution is 5.77. The second-order valence-electron chi connectivity index (χ2n) is 5.10. The van der Waals surface area contributed by atoms with Crippen molar-refractivity contribution >= 4 is 11.9 Å². The predicted octanol–water partition coefficient (Wildman–Crippen LogP) is 0.776. The molecule has 10 heteroatoms. The number of carbonyl (C=O) groups excluding carboxylic acids is 2. The molecule has 3 amide bonds. The van der Waals surface area contributed by atoms with Crippen LogP contribution in [0.4, 0.5) is 18.0 Å². The van der Waals surface area contributed by atoms with Crippen molar-refractivity contribution in [1.29, 1.82) is 0 Å². The summed E-state index contributed by atoms with van der Waals surface area (Å²) in [6, 6.07) is 0.654. The Morgan fingerprint density at radius 3 is 2.35 bits per heavy atom. The molecule has 1 aliphatic heterocycles. The van der Waals surface area contributed by atoms with E-state index < -0.39 is 11.9 Å². The van der Waals surface area contributed by atoms with Gasteiger partial charge >= 0.3 is 12.2 Å². The summed E-state index contributed by atoms with van der Waals surface area (Å²) in [4.78, 5) is 26.9. The molecule has 1 aromatic heterocycles. The number of amides is 3. The molecule has 0 radical (unpaired) electrons. The number of hydrogen-bond acceptors (Lipinski definition) is 3. The monoisotopic (exact) mass is 333 g/mol. The number of nitrogens with zero attached hydrogens (tertiary/aromatic N) is 4. The Bertz CT molecular complexity index is 564. The lowest BCUT2D eigenvalue weighted by atomic mass is 10.3. The molecular weight excluding hydrogens is 315 g/mol. The van der Waals surface area contributed by atoms with Crippen LogP contribution in [0.3, 0.4) is 0 Å². The van der Waals surface area contributed by atoms with Crippen molar-refractivity contribution in [2.45, 2.75) is 19.6 Å². The van der Waals surface area contributed by atoms with Crippen molar-refractivity contribution in [2.75, 3.05) is 32.7 Å². The van der Waals surface area contributed by atoms with E-state index in [0.29, 0.717) is 32.7 Å². The summed E-state index contributed by atoms with van der Waals surface area (Å²) in [7, 11) is 0. The van der Waals surface area contributed by atoms with Crippen LogP contribution in [0.25, 0.3) is 0 Å². The van der Waals surface area contributed by atoms with Gasteiger partial charge in [-0.2, -0.15) is 18.3 Å². The van der Waals surface area contributed by atoms with Gasteiger partial charge in [0.1, 0.15) is 6.54 Å². The molecule has 0 bridgehead atoms. The van der Waals surface area contributed by atoms with Crippen LogP contribution in [-0.4, -0.2) is 64.2 Å². The van der Waals surface area contributed by atoms with Gasteiger partial charge in [-0.25, -0.2) is 4.79 Å². The zero-order valence-electron chi connectivity index (χ0n) is 12.6. The van der Waals surface area contributed by atoms with Gasteiger partial charge in [-0.1, -0.05) is 0 Å². The van der Waals surface area contributed by atoms with E-state index in [0.717, 1.165) is 16.9 Å². The van der Waals surface area contributed by atoms with Crippen LogP contribution in [-0.2, 0) is 17.5 Å². The second-order valence-corrected chi connectivity index (χ2v) is 5.10. The minimum Gasteiger partial charge on any atom is -0.338 e. The van der Waals surface area contributed by atoms with Crippen molar-refractivity contribution in [2.24, 2.45) is 0 Å². The number of halogens is 3. The third-order valence-electron chi connectivity index (χ3n) is 3.48. The molecule has 1 N–H and O–H groups in total. The van der Waals surface area contributed by atoms with Crippen LogP contribution in [0.15, 0.2) is 12.3 Å². The molecule has 0 aliphatic carbocycles. The van der Waals surface area contributed by atoms with E-state index in [1.54, 1.807) is 4.90 Å². The standard InChI is InChI=1S/C13H18F3N5O2/c1-2-17-12(23)20-7-5-19(6-8-20)11(22)9-21-4-3-10(18-21)13(14,15)16/h3-4H,2,5-9H2,1H3,(H,17,23). The first-order valence-electron chi connectivity index (χ1n) is 7.22. The average Bonchev–Trinajstić information content (AvgIpc) is 2.96. The molecular formula is C13H18F3N5O2. The maximum atomic E-state index is 12.5. The normalized spacial score (nSPS) is 15.7. The highest BCUT2D eigenvalue weighted by Crippen LogP contribution is 2.27. The first-order chi connectivity index (χ1) is 10.8. The van der Waals surface area contributed by atoms with Gasteiger partial charge < -0.3 is 15.1 Å². The smallest absolute Gasteiger partial charge is 0.338 e. The molecule has 0 saturated carbocycles. The number of rotatable bonds is 3. The van der Waals surface area contributed by atoms with E-state index in [1.807, 2.05) is 6.92 Å². The Hall–Kier alpha value is -2.26. The molecule has 0 unspecified atom stereocenters. The number of hydrogen-bond donors (Lipinski definition) is 1. The van der Waals surface area contributed by atoms with E-state index in [2.05, 4.69) is 10.4 Å². The quantitative estimate of drug-likeness (QED) is 0.888. The lowest BCUT2D eigenvalue weighted by molar-refractivity contribution is -0.142. The molecule has 23 heavy (non-hydrogen) atoms. The molecule has 0 atom stereocenters. The van der Waals surface area contributed by atoms with Crippen molar-refractivity contribution in [3.05, 3.63) is 18.0 Å². The van der Waals surface area contributed by atoms with Crippen LogP contribution in [0.5, 0.6) is 0 Å². The van der Waals surface area contributed by atoms with E-state index >= 15 is 0 Å². The number of piperazine rings is 1. The molecule has 1 aromatic rings. The number of carbonyl (C=O) groups is 2. The SMILES string of the molecule is CCNC(=O)N1CCN(C(=O)Cn2ccc(C(F)(F)F)n2)CC1. The van der Waals surface area contributed by atoms with Crippen LogP contribution in [0, 0.1) is 0 Å². The van der Waals surface area contributed by atoms with Gasteiger partial charge in [0, 0.05) is 38.9 Å². The van der Waals surface area contributed by atoms with Crippen molar-refractivity contribution in [3.8, 4) is 0 Å². The fourth-order valence-electron chi connectivity index (χ4n) is 2.26. The number of alkyl halides is 3. The zero-order chi connectivity index (χ0) is 17.0. The first kappa shape index (κ1) is 17.1. The summed E-state index contributed by atoms with van der Waals surface area (Å²) >= 11 is 0. The van der Waals surface area contributed by atoms with E-state index in [4.69, 9.17) is 0 Å². The molecule has 0 spiro atoms. The van der Waals surface area contributed by atoms with Crippen LogP contribution in [0.2, 0.25) is 0 Å². The Kier molecular flexibility index (Phi) is 5.12. The molecule has 1 saturated heterocycles. The fraction of sp³-hybridized carbons (Fsp3) is 0.615. The van der Waals surface area contributed by atoms with Crippen LogP contribution in [0.1, 0.15) is 12.6 Å². The first-order valence-corrected chi connectivity index (χ1v) is 7.22. The molecule has 7 nitrogen and oxygen atoms in total. The van der Waals surface area contributed by atoms with E-state index in [-0.39, 0.29) is 18.5 Å². The summed E-state index contributed by atoms with van der Waals surface area (Å²) in [6.45, 7) is 3.58. The molecule has 1 fully saturated rings. The minimum atomic E-state index is -4.52. The van der Waals surface area contributed by atoms with Gasteiger partial charge in [-0.3, -0.25) is 9.48 Å². The summed E-state index contributed by atoms with van der Waals surface area (Å²) in [5.74, 6) is -0.322. The van der Waals surface area contributed by atoms with E-state index in [9.17, 15) is 22.8 Å². The molecule has 1 aliphatic rings. The topological polar surface area (TPSA) is 70.5 Å². The van der Waals surface area contributed by atoms with Gasteiger partial charge in [0.2, 0.25) is 5.91 Å². The Balaban J connectivity index is 1.86. The second kappa shape index (κ2) is 6.88. The Labute approximate surface area is 131 Å². The summed E-state index contributed by atoms with van der Waals surface area (Å²) < 4.78 is 38.4. The van der Waals surface area contributed by atoms with Gasteiger partial charge in [0.15, 0.2) is 5.69 Å². The van der Waals surface area contributed by atoms with Gasteiger partial charge in [0.05, 0.1) is 0 Å². The lowest BCUT2D eigenvalue weighted by Gasteiger charge is -2.34. The summed E-state index contributed by atoms with van der Waals surface area (Å²) in [6.07, 6.45) is -3.39. The Morgan fingerprint density at radius 2 is 1.83 bits per heavy atom. The lowest BCUT2D eigenvalue weighted by Crippen LogP contribution is -2.53. The number of urea groups is 1. The van der Waals surface area contributed by atoms with Crippen LogP contribution < -0.4 is 5.32 Å².